The summed E-state index contributed by atoms with van der Waals surface area (Å²) in [7, 11) is 2.11. The lowest BCUT2D eigenvalue weighted by atomic mass is 10.1. The molecule has 1 saturated heterocycles. The second-order valence-corrected chi connectivity index (χ2v) is 7.04. The van der Waals surface area contributed by atoms with Gasteiger partial charge in [0, 0.05) is 37.8 Å². The van der Waals surface area contributed by atoms with Gasteiger partial charge in [-0.25, -0.2) is 9.37 Å². The first kappa shape index (κ1) is 17.0. The largest absolute Gasteiger partial charge is 0.359 e. The van der Waals surface area contributed by atoms with Crippen LogP contribution in [0, 0.1) is 11.7 Å². The number of nitrogens with zero attached hydrogens (tertiary/aromatic N) is 5. The third-order valence-corrected chi connectivity index (χ3v) is 5.22. The molecule has 0 amide bonds. The number of aromatic nitrogens is 3. The number of hydrogen-bond acceptors (Lipinski definition) is 4. The summed E-state index contributed by atoms with van der Waals surface area (Å²) in [5.41, 5.74) is 2.54. The lowest BCUT2D eigenvalue weighted by Crippen LogP contribution is -2.29. The van der Waals surface area contributed by atoms with Crippen LogP contribution >= 0.6 is 0 Å². The van der Waals surface area contributed by atoms with E-state index in [4.69, 9.17) is 0 Å². The van der Waals surface area contributed by atoms with Crippen LogP contribution in [0.4, 0.5) is 10.2 Å². The molecule has 0 radical (unpaired) electrons. The van der Waals surface area contributed by atoms with E-state index in [0.29, 0.717) is 5.92 Å². The maximum absolute atomic E-state index is 13.3. The van der Waals surface area contributed by atoms with Gasteiger partial charge in [-0.2, -0.15) is 9.61 Å². The Labute approximate surface area is 153 Å². The Hall–Kier alpha value is -2.47. The molecule has 1 aliphatic heterocycles. The van der Waals surface area contributed by atoms with E-state index >= 15 is 0 Å². The minimum atomic E-state index is -0.238. The van der Waals surface area contributed by atoms with Gasteiger partial charge >= 0.3 is 0 Å². The van der Waals surface area contributed by atoms with Crippen molar-refractivity contribution in [2.75, 3.05) is 38.1 Å². The van der Waals surface area contributed by atoms with Gasteiger partial charge in [-0.05, 0) is 49.7 Å². The van der Waals surface area contributed by atoms with Gasteiger partial charge in [-0.15, -0.1) is 0 Å². The molecule has 0 unspecified atom stereocenters. The van der Waals surface area contributed by atoms with Crippen LogP contribution in [-0.2, 0) is 0 Å². The second-order valence-electron chi connectivity index (χ2n) is 7.04. The van der Waals surface area contributed by atoms with Crippen molar-refractivity contribution in [2.24, 2.45) is 5.92 Å². The fraction of sp³-hybridized carbons (Fsp3) is 0.400. The molecule has 1 fully saturated rings. The maximum Gasteiger partial charge on any atom is 0.157 e. The highest BCUT2D eigenvalue weighted by molar-refractivity contribution is 5.66. The van der Waals surface area contributed by atoms with Crippen LogP contribution < -0.4 is 4.90 Å². The molecule has 1 aromatic carbocycles. The molecule has 3 aromatic rings. The lowest BCUT2D eigenvalue weighted by molar-refractivity contribution is 0.343. The molecule has 2 aromatic heterocycles. The van der Waals surface area contributed by atoms with E-state index < -0.39 is 0 Å². The molecule has 1 atom stereocenters. The zero-order valence-corrected chi connectivity index (χ0v) is 15.3. The van der Waals surface area contributed by atoms with Gasteiger partial charge in [0.25, 0.3) is 0 Å². The standard InChI is InChI=1S/C20H24FN5/c1-3-25-11-9-15(14-25)13-24(2)20-12-18(16-4-6-17(21)7-5-16)23-19-8-10-22-26(19)20/h4-8,10,12,15H,3,9,11,13-14H2,1-2H3/t15-/m1/s1. The Morgan fingerprint density at radius 3 is 2.77 bits per heavy atom. The van der Waals surface area contributed by atoms with E-state index in [1.807, 2.05) is 16.6 Å². The van der Waals surface area contributed by atoms with E-state index in [0.717, 1.165) is 42.4 Å². The quantitative estimate of drug-likeness (QED) is 0.705. The molecule has 6 heteroatoms. The monoisotopic (exact) mass is 353 g/mol. The number of anilines is 1. The van der Waals surface area contributed by atoms with E-state index in [1.54, 1.807) is 18.3 Å². The summed E-state index contributed by atoms with van der Waals surface area (Å²) in [5, 5.41) is 4.44. The summed E-state index contributed by atoms with van der Waals surface area (Å²) in [5.74, 6) is 1.43. The minimum Gasteiger partial charge on any atom is -0.359 e. The molecule has 0 N–H and O–H groups in total. The van der Waals surface area contributed by atoms with Gasteiger partial charge in [0.1, 0.15) is 11.6 Å². The molecular formula is C20H24FN5. The first-order valence-electron chi connectivity index (χ1n) is 9.18. The summed E-state index contributed by atoms with van der Waals surface area (Å²) >= 11 is 0. The Morgan fingerprint density at radius 2 is 2.04 bits per heavy atom. The lowest BCUT2D eigenvalue weighted by Gasteiger charge is -2.24. The number of hydrogen-bond donors (Lipinski definition) is 0. The topological polar surface area (TPSA) is 36.7 Å². The molecule has 0 saturated carbocycles. The van der Waals surface area contributed by atoms with Crippen molar-refractivity contribution in [1.29, 1.82) is 0 Å². The number of rotatable bonds is 5. The third-order valence-electron chi connectivity index (χ3n) is 5.22. The fourth-order valence-corrected chi connectivity index (χ4v) is 3.77. The first-order chi connectivity index (χ1) is 12.6. The van der Waals surface area contributed by atoms with E-state index in [9.17, 15) is 4.39 Å². The molecule has 4 rings (SSSR count). The van der Waals surface area contributed by atoms with Crippen LogP contribution in [0.15, 0.2) is 42.6 Å². The summed E-state index contributed by atoms with van der Waals surface area (Å²) in [6.45, 7) is 6.66. The number of likely N-dealkylation sites (tertiary alicyclic amines) is 1. The van der Waals surface area contributed by atoms with Crippen molar-refractivity contribution < 1.29 is 4.39 Å². The van der Waals surface area contributed by atoms with Crippen LogP contribution in [0.25, 0.3) is 16.9 Å². The zero-order valence-electron chi connectivity index (χ0n) is 15.3. The first-order valence-corrected chi connectivity index (χ1v) is 9.18. The smallest absolute Gasteiger partial charge is 0.157 e. The predicted molar refractivity (Wildman–Crippen MR) is 102 cm³/mol. The molecule has 3 heterocycles. The highest BCUT2D eigenvalue weighted by atomic mass is 19.1. The van der Waals surface area contributed by atoms with Crippen molar-refractivity contribution in [1.82, 2.24) is 19.5 Å². The number of halogens is 1. The Balaban J connectivity index is 1.65. The Kier molecular flexibility index (Phi) is 4.59. The predicted octanol–water partition coefficient (Wildman–Crippen LogP) is 3.31. The van der Waals surface area contributed by atoms with Crippen molar-refractivity contribution in [3.05, 3.63) is 48.4 Å². The normalized spacial score (nSPS) is 17.9. The van der Waals surface area contributed by atoms with Gasteiger partial charge < -0.3 is 9.80 Å². The number of benzene rings is 1. The van der Waals surface area contributed by atoms with Crippen LogP contribution in [0.3, 0.4) is 0 Å². The summed E-state index contributed by atoms with van der Waals surface area (Å²) in [6, 6.07) is 10.4. The van der Waals surface area contributed by atoms with Crippen LogP contribution in [0.1, 0.15) is 13.3 Å². The Morgan fingerprint density at radius 1 is 1.23 bits per heavy atom. The molecular weight excluding hydrogens is 329 g/mol. The zero-order chi connectivity index (χ0) is 18.1. The molecule has 26 heavy (non-hydrogen) atoms. The summed E-state index contributed by atoms with van der Waals surface area (Å²) in [6.07, 6.45) is 3.00. The SMILES string of the molecule is CCN1CC[C@H](CN(C)c2cc(-c3ccc(F)cc3)nc3ccnn23)C1. The second kappa shape index (κ2) is 7.03. The fourth-order valence-electron chi connectivity index (χ4n) is 3.77. The molecule has 0 spiro atoms. The van der Waals surface area contributed by atoms with Crippen LogP contribution in [0.2, 0.25) is 0 Å². The van der Waals surface area contributed by atoms with Crippen molar-refractivity contribution in [2.45, 2.75) is 13.3 Å². The van der Waals surface area contributed by atoms with E-state index in [2.05, 4.69) is 33.9 Å². The molecule has 136 valence electrons. The third kappa shape index (κ3) is 3.29. The van der Waals surface area contributed by atoms with Crippen molar-refractivity contribution >= 4 is 11.5 Å². The van der Waals surface area contributed by atoms with E-state index in [1.165, 1.54) is 25.1 Å². The van der Waals surface area contributed by atoms with Crippen LogP contribution in [0.5, 0.6) is 0 Å². The van der Waals surface area contributed by atoms with Gasteiger partial charge in [-0.1, -0.05) is 6.92 Å². The van der Waals surface area contributed by atoms with Crippen molar-refractivity contribution in [3.8, 4) is 11.3 Å². The van der Waals surface area contributed by atoms with Gasteiger partial charge in [0.2, 0.25) is 0 Å². The van der Waals surface area contributed by atoms with Crippen LogP contribution in [-0.4, -0.2) is 52.7 Å². The minimum absolute atomic E-state index is 0.238. The summed E-state index contributed by atoms with van der Waals surface area (Å²) < 4.78 is 15.1. The Bertz CT molecular complexity index is 889. The molecule has 0 aliphatic carbocycles. The molecule has 1 aliphatic rings. The average Bonchev–Trinajstić information content (AvgIpc) is 3.30. The van der Waals surface area contributed by atoms with Gasteiger partial charge in [0.15, 0.2) is 5.65 Å². The maximum atomic E-state index is 13.3. The van der Waals surface area contributed by atoms with E-state index in [-0.39, 0.29) is 5.82 Å². The molecule has 5 nitrogen and oxygen atoms in total. The molecule has 0 bridgehead atoms. The summed E-state index contributed by atoms with van der Waals surface area (Å²) in [4.78, 5) is 9.44. The van der Waals surface area contributed by atoms with Gasteiger partial charge in [-0.3, -0.25) is 0 Å². The average molecular weight is 353 g/mol. The van der Waals surface area contributed by atoms with Crippen molar-refractivity contribution in [3.63, 3.8) is 0 Å². The highest BCUT2D eigenvalue weighted by Gasteiger charge is 2.23. The highest BCUT2D eigenvalue weighted by Crippen LogP contribution is 2.26. The number of fused-ring (bicyclic) bond motifs is 1. The van der Waals surface area contributed by atoms with Gasteiger partial charge in [0.05, 0.1) is 11.9 Å².